The summed E-state index contributed by atoms with van der Waals surface area (Å²) in [7, 11) is 1.83. The lowest BCUT2D eigenvalue weighted by molar-refractivity contribution is -0.274. The monoisotopic (exact) mass is 353 g/mol. The van der Waals surface area contributed by atoms with Gasteiger partial charge in [-0.05, 0) is 36.9 Å². The summed E-state index contributed by atoms with van der Waals surface area (Å²) in [5, 5.41) is 3.83. The SMILES string of the molecule is CN(Cc1ccc(OC(F)(F)F)cc1)Cc1nc(-c2ccco2)no1. The first-order chi connectivity index (χ1) is 11.9. The molecule has 0 unspecified atom stereocenters. The molecule has 0 aliphatic rings. The number of nitrogens with zero attached hydrogens (tertiary/aromatic N) is 3. The van der Waals surface area contributed by atoms with E-state index >= 15 is 0 Å². The topological polar surface area (TPSA) is 64.5 Å². The Hall–Kier alpha value is -2.81. The number of rotatable bonds is 6. The van der Waals surface area contributed by atoms with Crippen molar-refractivity contribution in [3.05, 3.63) is 54.1 Å². The number of halogens is 3. The van der Waals surface area contributed by atoms with E-state index in [1.165, 1.54) is 18.4 Å². The second kappa shape index (κ2) is 6.98. The van der Waals surface area contributed by atoms with Crippen LogP contribution in [0, 0.1) is 0 Å². The molecule has 132 valence electrons. The molecule has 2 aromatic heterocycles. The maximum absolute atomic E-state index is 12.1. The lowest BCUT2D eigenvalue weighted by atomic mass is 10.2. The number of hydrogen-bond donors (Lipinski definition) is 0. The standard InChI is InChI=1S/C16H14F3N3O3/c1-22(9-11-4-6-12(7-5-11)24-16(17,18)19)10-14-20-15(21-25-14)13-3-2-8-23-13/h2-8H,9-10H2,1H3. The normalized spacial score (nSPS) is 11.9. The third kappa shape index (κ3) is 4.83. The lowest BCUT2D eigenvalue weighted by Gasteiger charge is -2.15. The quantitative estimate of drug-likeness (QED) is 0.670. The van der Waals surface area contributed by atoms with Crippen LogP contribution in [-0.4, -0.2) is 28.5 Å². The van der Waals surface area contributed by atoms with Gasteiger partial charge in [0.15, 0.2) is 5.76 Å². The van der Waals surface area contributed by atoms with E-state index in [0.29, 0.717) is 30.6 Å². The molecule has 1 aromatic carbocycles. The summed E-state index contributed by atoms with van der Waals surface area (Å²) in [6.07, 6.45) is -3.17. The molecular formula is C16H14F3N3O3. The van der Waals surface area contributed by atoms with E-state index in [1.807, 2.05) is 11.9 Å². The third-order valence-electron chi connectivity index (χ3n) is 3.22. The van der Waals surface area contributed by atoms with E-state index in [1.54, 1.807) is 24.3 Å². The van der Waals surface area contributed by atoms with Gasteiger partial charge >= 0.3 is 6.36 Å². The van der Waals surface area contributed by atoms with Gasteiger partial charge in [-0.15, -0.1) is 13.2 Å². The Bertz CT molecular complexity index is 798. The Kier molecular flexibility index (Phi) is 4.75. The molecule has 0 aliphatic carbocycles. The predicted molar refractivity (Wildman–Crippen MR) is 80.3 cm³/mol. The van der Waals surface area contributed by atoms with Crippen molar-refractivity contribution in [2.75, 3.05) is 7.05 Å². The van der Waals surface area contributed by atoms with Crippen molar-refractivity contribution in [3.8, 4) is 17.3 Å². The first kappa shape index (κ1) is 17.0. The maximum Gasteiger partial charge on any atom is 0.573 e. The van der Waals surface area contributed by atoms with Crippen LogP contribution in [0.15, 0.2) is 51.6 Å². The summed E-state index contributed by atoms with van der Waals surface area (Å²) in [4.78, 5) is 6.12. The van der Waals surface area contributed by atoms with E-state index in [9.17, 15) is 13.2 Å². The number of ether oxygens (including phenoxy) is 1. The van der Waals surface area contributed by atoms with E-state index in [2.05, 4.69) is 14.9 Å². The Morgan fingerprint density at radius 1 is 1.12 bits per heavy atom. The Morgan fingerprint density at radius 2 is 1.88 bits per heavy atom. The van der Waals surface area contributed by atoms with Gasteiger partial charge in [-0.3, -0.25) is 4.90 Å². The van der Waals surface area contributed by atoms with Crippen LogP contribution in [0.3, 0.4) is 0 Å². The van der Waals surface area contributed by atoms with Crippen LogP contribution in [0.25, 0.3) is 11.6 Å². The van der Waals surface area contributed by atoms with Gasteiger partial charge in [0, 0.05) is 6.54 Å². The molecule has 0 saturated carbocycles. The van der Waals surface area contributed by atoms with Crippen LogP contribution < -0.4 is 4.74 Å². The van der Waals surface area contributed by atoms with E-state index in [-0.39, 0.29) is 5.75 Å². The molecular weight excluding hydrogens is 339 g/mol. The number of benzene rings is 1. The van der Waals surface area contributed by atoms with Crippen LogP contribution >= 0.6 is 0 Å². The summed E-state index contributed by atoms with van der Waals surface area (Å²) < 4.78 is 50.6. The summed E-state index contributed by atoms with van der Waals surface area (Å²) in [5.41, 5.74) is 0.822. The van der Waals surface area contributed by atoms with Crippen molar-refractivity contribution < 1.29 is 26.8 Å². The van der Waals surface area contributed by atoms with Gasteiger partial charge in [0.05, 0.1) is 12.8 Å². The minimum atomic E-state index is -4.69. The molecule has 3 aromatic rings. The Labute approximate surface area is 140 Å². The Balaban J connectivity index is 1.56. The van der Waals surface area contributed by atoms with Crippen LogP contribution in [0.2, 0.25) is 0 Å². The number of aromatic nitrogens is 2. The molecule has 0 saturated heterocycles. The van der Waals surface area contributed by atoms with Gasteiger partial charge < -0.3 is 13.7 Å². The molecule has 0 amide bonds. The van der Waals surface area contributed by atoms with Crippen LogP contribution in [0.4, 0.5) is 13.2 Å². The zero-order valence-corrected chi connectivity index (χ0v) is 13.2. The highest BCUT2D eigenvalue weighted by molar-refractivity contribution is 5.44. The minimum absolute atomic E-state index is 0.251. The van der Waals surface area contributed by atoms with E-state index in [0.717, 1.165) is 5.56 Å². The molecule has 6 nitrogen and oxygen atoms in total. The van der Waals surface area contributed by atoms with Gasteiger partial charge in [0.1, 0.15) is 5.75 Å². The number of alkyl halides is 3. The van der Waals surface area contributed by atoms with Crippen molar-refractivity contribution in [3.63, 3.8) is 0 Å². The minimum Gasteiger partial charge on any atom is -0.461 e. The average molecular weight is 353 g/mol. The first-order valence-electron chi connectivity index (χ1n) is 7.29. The molecule has 0 spiro atoms. The van der Waals surface area contributed by atoms with Gasteiger partial charge in [-0.1, -0.05) is 17.3 Å². The fourth-order valence-electron chi connectivity index (χ4n) is 2.22. The molecule has 0 aliphatic heterocycles. The maximum atomic E-state index is 12.1. The molecule has 0 radical (unpaired) electrons. The zero-order chi connectivity index (χ0) is 17.9. The summed E-state index contributed by atoms with van der Waals surface area (Å²) in [6.45, 7) is 0.874. The first-order valence-corrected chi connectivity index (χ1v) is 7.29. The summed E-state index contributed by atoms with van der Waals surface area (Å²) >= 11 is 0. The van der Waals surface area contributed by atoms with E-state index in [4.69, 9.17) is 8.94 Å². The van der Waals surface area contributed by atoms with Gasteiger partial charge in [-0.25, -0.2) is 0 Å². The van der Waals surface area contributed by atoms with Crippen molar-refractivity contribution in [2.24, 2.45) is 0 Å². The van der Waals surface area contributed by atoms with Gasteiger partial charge in [-0.2, -0.15) is 4.98 Å². The van der Waals surface area contributed by atoms with Gasteiger partial charge in [0.25, 0.3) is 0 Å². The van der Waals surface area contributed by atoms with E-state index < -0.39 is 6.36 Å². The highest BCUT2D eigenvalue weighted by Crippen LogP contribution is 2.23. The molecule has 0 atom stereocenters. The van der Waals surface area contributed by atoms with Crippen LogP contribution in [0.5, 0.6) is 5.75 Å². The zero-order valence-electron chi connectivity index (χ0n) is 13.2. The number of furan rings is 1. The molecule has 0 fully saturated rings. The second-order valence-electron chi connectivity index (χ2n) is 5.35. The fraction of sp³-hybridized carbons (Fsp3) is 0.250. The molecule has 2 heterocycles. The number of hydrogen-bond acceptors (Lipinski definition) is 6. The van der Waals surface area contributed by atoms with Crippen molar-refractivity contribution in [1.29, 1.82) is 0 Å². The molecule has 9 heteroatoms. The fourth-order valence-corrected chi connectivity index (χ4v) is 2.22. The largest absolute Gasteiger partial charge is 0.573 e. The second-order valence-corrected chi connectivity index (χ2v) is 5.35. The van der Waals surface area contributed by atoms with Crippen LogP contribution in [0.1, 0.15) is 11.5 Å². The summed E-state index contributed by atoms with van der Waals surface area (Å²) in [5.74, 6) is 1.03. The average Bonchev–Trinajstić information content (AvgIpc) is 3.18. The highest BCUT2D eigenvalue weighted by atomic mass is 19.4. The Morgan fingerprint density at radius 3 is 2.52 bits per heavy atom. The molecule has 0 bridgehead atoms. The van der Waals surface area contributed by atoms with Crippen molar-refractivity contribution in [2.45, 2.75) is 19.5 Å². The predicted octanol–water partition coefficient (Wildman–Crippen LogP) is 3.86. The van der Waals surface area contributed by atoms with Crippen molar-refractivity contribution >= 4 is 0 Å². The lowest BCUT2D eigenvalue weighted by Crippen LogP contribution is -2.18. The third-order valence-corrected chi connectivity index (χ3v) is 3.22. The van der Waals surface area contributed by atoms with Crippen LogP contribution in [-0.2, 0) is 13.1 Å². The van der Waals surface area contributed by atoms with Crippen molar-refractivity contribution in [1.82, 2.24) is 15.0 Å². The van der Waals surface area contributed by atoms with Gasteiger partial charge in [0.2, 0.25) is 11.7 Å². The molecule has 3 rings (SSSR count). The molecule has 25 heavy (non-hydrogen) atoms. The summed E-state index contributed by atoms with van der Waals surface area (Å²) in [6, 6.07) is 9.14. The highest BCUT2D eigenvalue weighted by Gasteiger charge is 2.30. The smallest absolute Gasteiger partial charge is 0.461 e. The molecule has 0 N–H and O–H groups in total.